The van der Waals surface area contributed by atoms with E-state index in [0.29, 0.717) is 5.56 Å². The van der Waals surface area contributed by atoms with Crippen LogP contribution in [0.15, 0.2) is 24.4 Å². The quantitative estimate of drug-likeness (QED) is 0.913. The van der Waals surface area contributed by atoms with Crippen LogP contribution in [0.5, 0.6) is 5.75 Å². The fourth-order valence-electron chi connectivity index (χ4n) is 2.30. The Bertz CT molecular complexity index is 595. The molecule has 1 aromatic carbocycles. The topological polar surface area (TPSA) is 39.1 Å². The van der Waals surface area contributed by atoms with Gasteiger partial charge in [0, 0.05) is 23.9 Å². The molecular weight excluding hydrogens is 257 g/mol. The Morgan fingerprint density at radius 1 is 1.40 bits per heavy atom. The van der Waals surface area contributed by atoms with Crippen molar-refractivity contribution >= 4 is 0 Å². The highest BCUT2D eigenvalue weighted by Gasteiger charge is 2.22. The van der Waals surface area contributed by atoms with Crippen molar-refractivity contribution < 1.29 is 9.13 Å². The van der Waals surface area contributed by atoms with Crippen LogP contribution in [0.4, 0.5) is 4.39 Å². The molecule has 0 fully saturated rings. The Labute approximate surface area is 118 Å². The van der Waals surface area contributed by atoms with E-state index in [9.17, 15) is 4.39 Å². The van der Waals surface area contributed by atoms with E-state index in [1.54, 1.807) is 29.1 Å². The number of hydrogen-bond acceptors (Lipinski definition) is 3. The zero-order valence-electron chi connectivity index (χ0n) is 12.3. The summed E-state index contributed by atoms with van der Waals surface area (Å²) in [6.07, 6.45) is 1.78. The molecule has 1 unspecified atom stereocenters. The second-order valence-electron chi connectivity index (χ2n) is 4.66. The summed E-state index contributed by atoms with van der Waals surface area (Å²) in [4.78, 5) is 0. The van der Waals surface area contributed by atoms with Gasteiger partial charge in [0.2, 0.25) is 0 Å². The van der Waals surface area contributed by atoms with Gasteiger partial charge in [0.15, 0.2) is 11.6 Å². The van der Waals surface area contributed by atoms with Crippen molar-refractivity contribution in [3.63, 3.8) is 0 Å². The van der Waals surface area contributed by atoms with E-state index in [2.05, 4.69) is 10.4 Å². The molecule has 0 aliphatic carbocycles. The Hall–Kier alpha value is -1.88. The molecule has 0 saturated carbocycles. The summed E-state index contributed by atoms with van der Waals surface area (Å²) in [5.74, 6) is -0.0730. The molecule has 1 N–H and O–H groups in total. The second-order valence-corrected chi connectivity index (χ2v) is 4.66. The van der Waals surface area contributed by atoms with Crippen LogP contribution in [0.1, 0.15) is 29.8 Å². The van der Waals surface area contributed by atoms with E-state index in [4.69, 9.17) is 4.74 Å². The highest BCUT2D eigenvalue weighted by Crippen LogP contribution is 2.30. The summed E-state index contributed by atoms with van der Waals surface area (Å²) < 4.78 is 21.3. The van der Waals surface area contributed by atoms with Gasteiger partial charge in [-0.25, -0.2) is 4.39 Å². The highest BCUT2D eigenvalue weighted by atomic mass is 19.1. The Balaban J connectivity index is 2.51. The number of nitrogens with one attached hydrogen (secondary N) is 1. The molecule has 0 saturated heterocycles. The molecule has 2 rings (SSSR count). The number of methoxy groups -OCH3 is 1. The fourth-order valence-corrected chi connectivity index (χ4v) is 2.30. The van der Waals surface area contributed by atoms with Crippen LogP contribution < -0.4 is 10.1 Å². The van der Waals surface area contributed by atoms with E-state index < -0.39 is 0 Å². The number of nitrogens with zero attached hydrogens (tertiary/aromatic N) is 2. The zero-order chi connectivity index (χ0) is 14.7. The van der Waals surface area contributed by atoms with Gasteiger partial charge in [-0.1, -0.05) is 19.1 Å². The predicted molar refractivity (Wildman–Crippen MR) is 76.4 cm³/mol. The minimum atomic E-state index is -0.329. The largest absolute Gasteiger partial charge is 0.494 e. The van der Waals surface area contributed by atoms with Crippen LogP contribution in [0.25, 0.3) is 0 Å². The maximum atomic E-state index is 14.5. The number of halogens is 1. The van der Waals surface area contributed by atoms with Crippen LogP contribution in [0.2, 0.25) is 0 Å². The highest BCUT2D eigenvalue weighted by molar-refractivity contribution is 5.39. The van der Waals surface area contributed by atoms with E-state index >= 15 is 0 Å². The summed E-state index contributed by atoms with van der Waals surface area (Å²) >= 11 is 0. The standard InChI is InChI=1S/C15H20FN3O/c1-5-17-15(12-9-18-19(3)10(12)2)11-7-6-8-13(20-4)14(11)16/h6-9,15,17H,5H2,1-4H3. The normalized spacial score (nSPS) is 12.4. The van der Waals surface area contributed by atoms with Crippen molar-refractivity contribution in [3.8, 4) is 5.75 Å². The van der Waals surface area contributed by atoms with Gasteiger partial charge in [-0.15, -0.1) is 0 Å². The molecule has 0 aliphatic heterocycles. The molecule has 1 aromatic heterocycles. The predicted octanol–water partition coefficient (Wildman–Crippen LogP) is 2.58. The van der Waals surface area contributed by atoms with Crippen molar-refractivity contribution in [2.24, 2.45) is 7.05 Å². The van der Waals surface area contributed by atoms with Gasteiger partial charge in [-0.2, -0.15) is 5.10 Å². The average Bonchev–Trinajstić information content (AvgIpc) is 2.77. The average molecular weight is 277 g/mol. The molecule has 108 valence electrons. The molecule has 4 nitrogen and oxygen atoms in total. The van der Waals surface area contributed by atoms with Crippen molar-refractivity contribution in [1.29, 1.82) is 0 Å². The minimum absolute atomic E-state index is 0.233. The van der Waals surface area contributed by atoms with Gasteiger partial charge in [0.05, 0.1) is 19.3 Å². The third kappa shape index (κ3) is 2.54. The number of rotatable bonds is 5. The Morgan fingerprint density at radius 2 is 2.15 bits per heavy atom. The number of benzene rings is 1. The van der Waals surface area contributed by atoms with Crippen molar-refractivity contribution in [2.75, 3.05) is 13.7 Å². The van der Waals surface area contributed by atoms with Crippen molar-refractivity contribution in [1.82, 2.24) is 15.1 Å². The number of aryl methyl sites for hydroxylation is 1. The minimum Gasteiger partial charge on any atom is -0.494 e. The number of aromatic nitrogens is 2. The van der Waals surface area contributed by atoms with Crippen LogP contribution in [0, 0.1) is 12.7 Å². The maximum Gasteiger partial charge on any atom is 0.170 e. The van der Waals surface area contributed by atoms with Gasteiger partial charge in [-0.3, -0.25) is 4.68 Å². The molecule has 20 heavy (non-hydrogen) atoms. The monoisotopic (exact) mass is 277 g/mol. The van der Waals surface area contributed by atoms with E-state index in [-0.39, 0.29) is 17.6 Å². The second kappa shape index (κ2) is 6.05. The summed E-state index contributed by atoms with van der Waals surface area (Å²) in [6.45, 7) is 4.71. The molecule has 0 bridgehead atoms. The Kier molecular flexibility index (Phi) is 4.39. The van der Waals surface area contributed by atoms with Gasteiger partial charge in [-0.05, 0) is 19.5 Å². The first kappa shape index (κ1) is 14.5. The van der Waals surface area contributed by atoms with Crippen molar-refractivity contribution in [3.05, 3.63) is 47.0 Å². The number of ether oxygens (including phenoxy) is 1. The molecule has 0 spiro atoms. The maximum absolute atomic E-state index is 14.5. The first-order chi connectivity index (χ1) is 9.60. The van der Waals surface area contributed by atoms with Gasteiger partial charge >= 0.3 is 0 Å². The van der Waals surface area contributed by atoms with Crippen LogP contribution in [-0.4, -0.2) is 23.4 Å². The van der Waals surface area contributed by atoms with Crippen molar-refractivity contribution in [2.45, 2.75) is 19.9 Å². The Morgan fingerprint density at radius 3 is 2.70 bits per heavy atom. The van der Waals surface area contributed by atoms with Gasteiger partial charge in [0.25, 0.3) is 0 Å². The zero-order valence-corrected chi connectivity index (χ0v) is 12.3. The first-order valence-electron chi connectivity index (χ1n) is 6.64. The smallest absolute Gasteiger partial charge is 0.170 e. The summed E-state index contributed by atoms with van der Waals surface area (Å²) in [5.41, 5.74) is 2.56. The third-order valence-electron chi connectivity index (χ3n) is 3.52. The van der Waals surface area contributed by atoms with Gasteiger partial charge in [0.1, 0.15) is 0 Å². The van der Waals surface area contributed by atoms with Crippen LogP contribution in [0.3, 0.4) is 0 Å². The summed E-state index contributed by atoms with van der Waals surface area (Å²) in [7, 11) is 3.35. The lowest BCUT2D eigenvalue weighted by Crippen LogP contribution is -2.23. The van der Waals surface area contributed by atoms with E-state index in [0.717, 1.165) is 17.8 Å². The lowest BCUT2D eigenvalue weighted by molar-refractivity contribution is 0.381. The third-order valence-corrected chi connectivity index (χ3v) is 3.52. The molecular formula is C15H20FN3O. The molecule has 2 aromatic rings. The lowest BCUT2D eigenvalue weighted by atomic mass is 9.98. The molecule has 0 aliphatic rings. The molecule has 1 heterocycles. The molecule has 1 atom stereocenters. The molecule has 0 amide bonds. The van der Waals surface area contributed by atoms with E-state index in [1.165, 1.54) is 7.11 Å². The molecule has 5 heteroatoms. The summed E-state index contributed by atoms with van der Waals surface area (Å²) in [5, 5.41) is 7.55. The number of hydrogen-bond donors (Lipinski definition) is 1. The fraction of sp³-hybridized carbons (Fsp3) is 0.400. The van der Waals surface area contributed by atoms with Crippen LogP contribution >= 0.6 is 0 Å². The van der Waals surface area contributed by atoms with E-state index in [1.807, 2.05) is 20.9 Å². The summed E-state index contributed by atoms with van der Waals surface area (Å²) in [6, 6.07) is 4.96. The van der Waals surface area contributed by atoms with Crippen LogP contribution in [-0.2, 0) is 7.05 Å². The first-order valence-corrected chi connectivity index (χ1v) is 6.64. The SMILES string of the molecule is CCNC(c1cccc(OC)c1F)c1cnn(C)c1C. The lowest BCUT2D eigenvalue weighted by Gasteiger charge is -2.20. The molecule has 0 radical (unpaired) electrons. The van der Waals surface area contributed by atoms with Gasteiger partial charge < -0.3 is 10.1 Å².